The summed E-state index contributed by atoms with van der Waals surface area (Å²) >= 11 is 0. The molecule has 136 valence electrons. The number of aryl methyl sites for hydroxylation is 2. The van der Waals surface area contributed by atoms with Crippen LogP contribution in [0.4, 0.5) is 5.69 Å². The van der Waals surface area contributed by atoms with Crippen LogP contribution in [0.2, 0.25) is 0 Å². The minimum atomic E-state index is -0.383. The number of para-hydroxylation sites is 1. The monoisotopic (exact) mass is 353 g/mol. The molecule has 0 aliphatic carbocycles. The maximum atomic E-state index is 11.9. The van der Waals surface area contributed by atoms with Crippen molar-refractivity contribution in [3.8, 4) is 5.75 Å². The van der Waals surface area contributed by atoms with Crippen LogP contribution >= 0.6 is 0 Å². The summed E-state index contributed by atoms with van der Waals surface area (Å²) in [5, 5.41) is 6.69. The normalized spacial score (nSPS) is 11.0. The molecule has 0 atom stereocenters. The fourth-order valence-corrected chi connectivity index (χ4v) is 2.14. The zero-order valence-corrected chi connectivity index (χ0v) is 15.2. The van der Waals surface area contributed by atoms with E-state index in [-0.39, 0.29) is 24.8 Å². The summed E-state index contributed by atoms with van der Waals surface area (Å²) in [5.41, 5.74) is 5.87. The number of carbonyl (C=O) groups excluding carboxylic acids is 2. The number of nitrogens with one attached hydrogen (secondary N) is 2. The van der Waals surface area contributed by atoms with Gasteiger partial charge in [-0.1, -0.05) is 24.3 Å². The van der Waals surface area contributed by atoms with Crippen LogP contribution < -0.4 is 15.5 Å². The molecule has 0 heterocycles. The van der Waals surface area contributed by atoms with Crippen molar-refractivity contribution in [1.82, 2.24) is 5.43 Å². The lowest BCUT2D eigenvalue weighted by atomic mass is 10.1. The van der Waals surface area contributed by atoms with E-state index in [1.165, 1.54) is 0 Å². The topological polar surface area (TPSA) is 79.8 Å². The summed E-state index contributed by atoms with van der Waals surface area (Å²) in [6.45, 7) is 5.53. The van der Waals surface area contributed by atoms with Gasteiger partial charge in [0.15, 0.2) is 6.61 Å². The molecule has 0 aromatic heterocycles. The third kappa shape index (κ3) is 6.39. The molecule has 2 N–H and O–H groups in total. The first-order valence-electron chi connectivity index (χ1n) is 8.31. The quantitative estimate of drug-likeness (QED) is 0.592. The Morgan fingerprint density at radius 2 is 1.73 bits per heavy atom. The first-order chi connectivity index (χ1) is 12.4. The fraction of sp³-hybridized carbons (Fsp3) is 0.250. The molecule has 0 bridgehead atoms. The standard InChI is InChI=1S/C20H23N3O3/c1-14-9-10-18(11-15(14)2)26-13-20(25)23-22-16(3)12-19(24)21-17-7-5-4-6-8-17/h4-11H,12-13H2,1-3H3,(H,21,24)(H,23,25)/b22-16-. The molecule has 2 amide bonds. The van der Waals surface area contributed by atoms with Crippen LogP contribution in [-0.4, -0.2) is 24.1 Å². The van der Waals surface area contributed by atoms with Gasteiger partial charge >= 0.3 is 0 Å². The van der Waals surface area contributed by atoms with Crippen molar-refractivity contribution >= 4 is 23.2 Å². The number of hydrazone groups is 1. The predicted octanol–water partition coefficient (Wildman–Crippen LogP) is 3.20. The second kappa shape index (κ2) is 9.36. The van der Waals surface area contributed by atoms with Crippen LogP contribution in [0.15, 0.2) is 53.6 Å². The van der Waals surface area contributed by atoms with Crippen LogP contribution in [0, 0.1) is 13.8 Å². The van der Waals surface area contributed by atoms with Crippen molar-refractivity contribution < 1.29 is 14.3 Å². The highest BCUT2D eigenvalue weighted by Crippen LogP contribution is 2.16. The van der Waals surface area contributed by atoms with Crippen molar-refractivity contribution in [3.63, 3.8) is 0 Å². The second-order valence-corrected chi connectivity index (χ2v) is 6.01. The van der Waals surface area contributed by atoms with E-state index in [9.17, 15) is 9.59 Å². The summed E-state index contributed by atoms with van der Waals surface area (Å²) < 4.78 is 5.44. The third-order valence-electron chi connectivity index (χ3n) is 3.69. The second-order valence-electron chi connectivity index (χ2n) is 6.01. The molecule has 0 fully saturated rings. The van der Waals surface area contributed by atoms with E-state index in [0.29, 0.717) is 11.5 Å². The van der Waals surface area contributed by atoms with Crippen LogP contribution in [0.25, 0.3) is 0 Å². The van der Waals surface area contributed by atoms with Crippen molar-refractivity contribution in [3.05, 3.63) is 59.7 Å². The average molecular weight is 353 g/mol. The molecule has 0 saturated carbocycles. The minimum absolute atomic E-state index is 0.0905. The SMILES string of the molecule is C/C(CC(=O)Nc1ccccc1)=N/NC(=O)COc1ccc(C)c(C)c1. The maximum Gasteiger partial charge on any atom is 0.277 e. The van der Waals surface area contributed by atoms with Gasteiger partial charge in [-0.15, -0.1) is 0 Å². The van der Waals surface area contributed by atoms with Crippen molar-refractivity contribution in [2.45, 2.75) is 27.2 Å². The molecule has 0 radical (unpaired) electrons. The number of rotatable bonds is 7. The summed E-state index contributed by atoms with van der Waals surface area (Å²) in [7, 11) is 0. The van der Waals surface area contributed by atoms with Gasteiger partial charge in [-0.05, 0) is 56.2 Å². The highest BCUT2D eigenvalue weighted by molar-refractivity contribution is 6.05. The number of nitrogens with zero attached hydrogens (tertiary/aromatic N) is 1. The highest BCUT2D eigenvalue weighted by Gasteiger charge is 2.06. The molecule has 2 rings (SSSR count). The molecule has 0 aliphatic heterocycles. The number of carbonyl (C=O) groups is 2. The Balaban J connectivity index is 1.75. The predicted molar refractivity (Wildman–Crippen MR) is 102 cm³/mol. The van der Waals surface area contributed by atoms with E-state index < -0.39 is 0 Å². The molecule has 6 nitrogen and oxygen atoms in total. The summed E-state index contributed by atoms with van der Waals surface area (Å²) in [6, 6.07) is 14.8. The van der Waals surface area contributed by atoms with Crippen molar-refractivity contribution in [2.24, 2.45) is 5.10 Å². The van der Waals surface area contributed by atoms with E-state index in [0.717, 1.165) is 16.8 Å². The van der Waals surface area contributed by atoms with E-state index in [4.69, 9.17) is 4.74 Å². The highest BCUT2D eigenvalue weighted by atomic mass is 16.5. The van der Waals surface area contributed by atoms with Crippen molar-refractivity contribution in [1.29, 1.82) is 0 Å². The van der Waals surface area contributed by atoms with Crippen LogP contribution in [-0.2, 0) is 9.59 Å². The number of hydrogen-bond acceptors (Lipinski definition) is 4. The zero-order valence-electron chi connectivity index (χ0n) is 15.2. The van der Waals surface area contributed by atoms with Crippen LogP contribution in [0.5, 0.6) is 5.75 Å². The molecule has 26 heavy (non-hydrogen) atoms. The number of ether oxygens (including phenoxy) is 1. The Morgan fingerprint density at radius 1 is 1.00 bits per heavy atom. The Bertz CT molecular complexity index is 801. The average Bonchev–Trinajstić information content (AvgIpc) is 2.61. The van der Waals surface area contributed by atoms with Gasteiger partial charge in [-0.3, -0.25) is 9.59 Å². The molecule has 6 heteroatoms. The molecule has 0 unspecified atom stereocenters. The zero-order chi connectivity index (χ0) is 18.9. The van der Waals surface area contributed by atoms with E-state index >= 15 is 0 Å². The van der Waals surface area contributed by atoms with Gasteiger partial charge in [0.25, 0.3) is 5.91 Å². The number of anilines is 1. The number of amides is 2. The lowest BCUT2D eigenvalue weighted by molar-refractivity contribution is -0.123. The van der Waals surface area contributed by atoms with Crippen molar-refractivity contribution in [2.75, 3.05) is 11.9 Å². The van der Waals surface area contributed by atoms with Gasteiger partial charge < -0.3 is 10.1 Å². The first kappa shape index (κ1) is 19.2. The molecular formula is C20H23N3O3. The molecule has 0 aliphatic rings. The minimum Gasteiger partial charge on any atom is -0.484 e. The largest absolute Gasteiger partial charge is 0.484 e. The van der Waals surface area contributed by atoms with E-state index in [1.54, 1.807) is 19.1 Å². The van der Waals surface area contributed by atoms with Gasteiger partial charge in [0.2, 0.25) is 5.91 Å². The summed E-state index contributed by atoms with van der Waals surface area (Å²) in [6.07, 6.45) is 0.0905. The first-order valence-corrected chi connectivity index (χ1v) is 8.31. The number of benzene rings is 2. The fourth-order valence-electron chi connectivity index (χ4n) is 2.14. The van der Waals surface area contributed by atoms with Crippen LogP contribution in [0.1, 0.15) is 24.5 Å². The Morgan fingerprint density at radius 3 is 2.42 bits per heavy atom. The van der Waals surface area contributed by atoms with Gasteiger partial charge in [0.05, 0.1) is 6.42 Å². The van der Waals surface area contributed by atoms with Gasteiger partial charge in [0, 0.05) is 11.4 Å². The van der Waals surface area contributed by atoms with Gasteiger partial charge in [-0.25, -0.2) is 5.43 Å². The Kier molecular flexibility index (Phi) is 6.91. The van der Waals surface area contributed by atoms with E-state index in [1.807, 2.05) is 50.2 Å². The van der Waals surface area contributed by atoms with Gasteiger partial charge in [-0.2, -0.15) is 5.10 Å². The maximum absolute atomic E-state index is 11.9. The molecule has 2 aromatic carbocycles. The molecular weight excluding hydrogens is 330 g/mol. The smallest absolute Gasteiger partial charge is 0.277 e. The third-order valence-corrected chi connectivity index (χ3v) is 3.69. The molecule has 0 spiro atoms. The summed E-state index contributed by atoms with van der Waals surface area (Å²) in [4.78, 5) is 23.7. The van der Waals surface area contributed by atoms with Gasteiger partial charge in [0.1, 0.15) is 5.75 Å². The Hall–Kier alpha value is -3.15. The lowest BCUT2D eigenvalue weighted by Gasteiger charge is -2.08. The lowest BCUT2D eigenvalue weighted by Crippen LogP contribution is -2.26. The Labute approximate surface area is 153 Å². The van der Waals surface area contributed by atoms with Crippen LogP contribution in [0.3, 0.4) is 0 Å². The molecule has 2 aromatic rings. The molecule has 0 saturated heterocycles. The number of hydrogen-bond donors (Lipinski definition) is 2. The van der Waals surface area contributed by atoms with E-state index in [2.05, 4.69) is 15.8 Å². The summed E-state index contributed by atoms with van der Waals surface area (Å²) in [5.74, 6) is 0.0512.